The lowest BCUT2D eigenvalue weighted by Gasteiger charge is -2.03. The van der Waals surface area contributed by atoms with Crippen LogP contribution in [0.15, 0.2) is 53.2 Å². The van der Waals surface area contributed by atoms with E-state index in [1.165, 1.54) is 24.8 Å². The lowest BCUT2D eigenvalue weighted by molar-refractivity contribution is 0.412. The first kappa shape index (κ1) is 13.2. The predicted octanol–water partition coefficient (Wildman–Crippen LogP) is 2.56. The van der Waals surface area contributed by atoms with Gasteiger partial charge >= 0.3 is 0 Å². The zero-order valence-electron chi connectivity index (χ0n) is 10.3. The summed E-state index contributed by atoms with van der Waals surface area (Å²) in [6.45, 7) is 0. The van der Waals surface area contributed by atoms with Crippen molar-refractivity contribution in [2.75, 3.05) is 7.11 Å². The van der Waals surface area contributed by atoms with E-state index in [9.17, 15) is 4.21 Å². The van der Waals surface area contributed by atoms with Gasteiger partial charge in [-0.1, -0.05) is 6.07 Å². The molecule has 1 atom stereocenters. The summed E-state index contributed by atoms with van der Waals surface area (Å²) in [6.07, 6.45) is 4.64. The number of methoxy groups -OCH3 is 1. The number of hydrogen-bond acceptors (Lipinski definition) is 5. The van der Waals surface area contributed by atoms with Crippen molar-refractivity contribution >= 4 is 15.8 Å². The first-order chi connectivity index (χ1) is 9.13. The zero-order chi connectivity index (χ0) is 13.7. The van der Waals surface area contributed by atoms with Gasteiger partial charge in [-0.05, 0) is 30.3 Å². The van der Waals surface area contributed by atoms with Gasteiger partial charge in [-0.25, -0.2) is 14.0 Å². The van der Waals surface area contributed by atoms with Gasteiger partial charge in [-0.15, -0.1) is 0 Å². The fourth-order valence-electron chi connectivity index (χ4n) is 1.46. The van der Waals surface area contributed by atoms with E-state index in [1.54, 1.807) is 36.5 Å². The molecule has 1 N–H and O–H groups in total. The zero-order valence-corrected chi connectivity index (χ0v) is 11.1. The van der Waals surface area contributed by atoms with Gasteiger partial charge in [0.05, 0.1) is 7.11 Å². The summed E-state index contributed by atoms with van der Waals surface area (Å²) >= 11 is 0. The molecule has 5 nitrogen and oxygen atoms in total. The topological polar surface area (TPSA) is 75.9 Å². The fraction of sp³-hybridized carbons (Fsp3) is 0.0769. The van der Waals surface area contributed by atoms with E-state index in [0.29, 0.717) is 11.4 Å². The van der Waals surface area contributed by atoms with Gasteiger partial charge in [0.1, 0.15) is 26.2 Å². The van der Waals surface area contributed by atoms with Crippen molar-refractivity contribution < 1.29 is 8.95 Å². The fourth-order valence-corrected chi connectivity index (χ4v) is 2.42. The second kappa shape index (κ2) is 5.62. The van der Waals surface area contributed by atoms with E-state index in [-0.39, 0.29) is 5.03 Å². The Kier molecular flexibility index (Phi) is 3.91. The highest BCUT2D eigenvalue weighted by molar-refractivity contribution is 7.95. The van der Waals surface area contributed by atoms with Crippen LogP contribution in [0.1, 0.15) is 5.69 Å². The predicted molar refractivity (Wildman–Crippen MR) is 73.2 cm³/mol. The molecule has 98 valence electrons. The molecule has 19 heavy (non-hydrogen) atoms. The van der Waals surface area contributed by atoms with Gasteiger partial charge in [0, 0.05) is 17.8 Å². The van der Waals surface area contributed by atoms with Crippen molar-refractivity contribution in [3.63, 3.8) is 0 Å². The molecule has 0 fully saturated rings. The van der Waals surface area contributed by atoms with Crippen molar-refractivity contribution in [3.05, 3.63) is 53.8 Å². The molecule has 0 aliphatic rings. The summed E-state index contributed by atoms with van der Waals surface area (Å²) in [6, 6.07) is 8.47. The smallest absolute Gasteiger partial charge is 0.144 e. The van der Waals surface area contributed by atoms with Crippen LogP contribution in [0.2, 0.25) is 0 Å². The van der Waals surface area contributed by atoms with Crippen molar-refractivity contribution in [2.24, 2.45) is 0 Å². The van der Waals surface area contributed by atoms with Gasteiger partial charge in [0.15, 0.2) is 0 Å². The highest BCUT2D eigenvalue weighted by Gasteiger charge is 2.07. The minimum absolute atomic E-state index is 0.223. The summed E-state index contributed by atoms with van der Waals surface area (Å²) in [4.78, 5) is 8.04. The van der Waals surface area contributed by atoms with E-state index in [2.05, 4.69) is 9.97 Å². The first-order valence-corrected chi connectivity index (χ1v) is 7.12. The van der Waals surface area contributed by atoms with Crippen LogP contribution >= 0.6 is 0 Å². The lowest BCUT2D eigenvalue weighted by atomic mass is 10.3. The lowest BCUT2D eigenvalue weighted by Crippen LogP contribution is -1.97. The van der Waals surface area contributed by atoms with Crippen molar-refractivity contribution in [1.82, 2.24) is 9.97 Å². The number of rotatable bonds is 4. The van der Waals surface area contributed by atoms with Gasteiger partial charge in [-0.2, -0.15) is 0 Å². The molecular formula is C13H13N3O2S. The van der Waals surface area contributed by atoms with Gasteiger partial charge in [-0.3, -0.25) is 4.98 Å². The molecule has 2 rings (SSSR count). The molecule has 6 heteroatoms. The number of hydrogen-bond donors (Lipinski definition) is 1. The maximum atomic E-state index is 12.2. The molecule has 2 aromatic rings. The SMILES string of the molecule is COc1cccnc1/C=C/S(=N)(=O)c1ccccn1. The number of nitrogens with one attached hydrogen (secondary N) is 1. The average Bonchev–Trinajstić information content (AvgIpc) is 2.46. The summed E-state index contributed by atoms with van der Waals surface area (Å²) in [5, 5.41) is 1.52. The minimum atomic E-state index is -3.07. The number of nitrogens with zero attached hydrogens (tertiary/aromatic N) is 2. The molecule has 0 aromatic carbocycles. The second-order valence-corrected chi connectivity index (χ2v) is 5.55. The molecule has 0 saturated carbocycles. The molecule has 0 amide bonds. The normalized spacial score (nSPS) is 14.2. The standard InChI is InChI=1S/C13H13N3O2S/c1-18-12-5-4-9-15-11(12)7-10-19(14,17)13-6-2-3-8-16-13/h2-10,14H,1H3/b10-7+. The number of ether oxygens (including phenoxy) is 1. The van der Waals surface area contributed by atoms with Crippen molar-refractivity contribution in [3.8, 4) is 5.75 Å². The Morgan fingerprint density at radius 3 is 2.68 bits per heavy atom. The van der Waals surface area contributed by atoms with Crippen LogP contribution < -0.4 is 4.74 Å². The Balaban J connectivity index is 2.33. The van der Waals surface area contributed by atoms with E-state index in [0.717, 1.165) is 0 Å². The van der Waals surface area contributed by atoms with Gasteiger partial charge in [0.2, 0.25) is 0 Å². The number of pyridine rings is 2. The number of aromatic nitrogens is 2. The molecule has 2 aromatic heterocycles. The van der Waals surface area contributed by atoms with Crippen LogP contribution in [0.5, 0.6) is 5.75 Å². The monoisotopic (exact) mass is 275 g/mol. The van der Waals surface area contributed by atoms with Gasteiger partial charge < -0.3 is 4.74 Å². The van der Waals surface area contributed by atoms with Crippen LogP contribution in [-0.2, 0) is 9.73 Å². The molecule has 0 aliphatic carbocycles. The molecular weight excluding hydrogens is 262 g/mol. The highest BCUT2D eigenvalue weighted by atomic mass is 32.2. The van der Waals surface area contributed by atoms with E-state index in [4.69, 9.17) is 9.52 Å². The molecule has 0 saturated heterocycles. The van der Waals surface area contributed by atoms with E-state index >= 15 is 0 Å². The van der Waals surface area contributed by atoms with Crippen LogP contribution in [0.4, 0.5) is 0 Å². The molecule has 2 heterocycles. The van der Waals surface area contributed by atoms with Crippen molar-refractivity contribution in [2.45, 2.75) is 5.03 Å². The molecule has 0 bridgehead atoms. The Morgan fingerprint density at radius 1 is 1.21 bits per heavy atom. The Morgan fingerprint density at radius 2 is 2.00 bits per heavy atom. The second-order valence-electron chi connectivity index (χ2n) is 3.66. The molecule has 1 unspecified atom stereocenters. The molecule has 0 aliphatic heterocycles. The van der Waals surface area contributed by atoms with Gasteiger partial charge in [0.25, 0.3) is 0 Å². The quantitative estimate of drug-likeness (QED) is 0.930. The third-order valence-corrected chi connectivity index (χ3v) is 3.77. The summed E-state index contributed by atoms with van der Waals surface area (Å²) in [5.74, 6) is 0.565. The highest BCUT2D eigenvalue weighted by Crippen LogP contribution is 2.18. The Labute approximate surface area is 112 Å². The van der Waals surface area contributed by atoms with Crippen molar-refractivity contribution in [1.29, 1.82) is 4.78 Å². The molecule has 0 spiro atoms. The van der Waals surface area contributed by atoms with Crippen LogP contribution in [0, 0.1) is 4.78 Å². The van der Waals surface area contributed by atoms with Crippen LogP contribution in [0.25, 0.3) is 6.08 Å². The van der Waals surface area contributed by atoms with Crippen LogP contribution in [-0.4, -0.2) is 21.3 Å². The average molecular weight is 275 g/mol. The third kappa shape index (κ3) is 3.17. The Hall–Kier alpha value is -2.21. The summed E-state index contributed by atoms with van der Waals surface area (Å²) in [5.41, 5.74) is 0.529. The van der Waals surface area contributed by atoms with E-state index < -0.39 is 9.73 Å². The summed E-state index contributed by atoms with van der Waals surface area (Å²) in [7, 11) is -1.54. The third-order valence-electron chi connectivity index (χ3n) is 2.39. The largest absolute Gasteiger partial charge is 0.494 e. The Bertz CT molecular complexity index is 682. The summed E-state index contributed by atoms with van der Waals surface area (Å²) < 4.78 is 25.2. The van der Waals surface area contributed by atoms with E-state index in [1.807, 2.05) is 0 Å². The van der Waals surface area contributed by atoms with Crippen LogP contribution in [0.3, 0.4) is 0 Å². The maximum absolute atomic E-state index is 12.2. The minimum Gasteiger partial charge on any atom is -0.494 e. The molecule has 0 radical (unpaired) electrons. The first-order valence-electron chi connectivity index (χ1n) is 5.50. The maximum Gasteiger partial charge on any atom is 0.144 e.